The molecule has 5 nitrogen and oxygen atoms in total. The molecule has 0 aromatic rings. The van der Waals surface area contributed by atoms with Crippen molar-refractivity contribution in [3.63, 3.8) is 0 Å². The second-order valence-corrected chi connectivity index (χ2v) is 7.39. The maximum atomic E-state index is 12.3. The van der Waals surface area contributed by atoms with E-state index < -0.39 is 6.03 Å². The molecular formula is C17H29N3O2. The molecule has 1 saturated carbocycles. The summed E-state index contributed by atoms with van der Waals surface area (Å²) in [6.07, 6.45) is 7.60. The van der Waals surface area contributed by atoms with Crippen molar-refractivity contribution < 1.29 is 9.59 Å². The van der Waals surface area contributed by atoms with Crippen LogP contribution in [0.4, 0.5) is 4.79 Å². The van der Waals surface area contributed by atoms with E-state index in [4.69, 9.17) is 5.73 Å². The van der Waals surface area contributed by atoms with Crippen molar-refractivity contribution in [3.05, 3.63) is 12.2 Å². The molecule has 5 heteroatoms. The van der Waals surface area contributed by atoms with Crippen LogP contribution in [0.3, 0.4) is 0 Å². The van der Waals surface area contributed by atoms with Gasteiger partial charge in [0.15, 0.2) is 0 Å². The molecule has 2 N–H and O–H groups in total. The molecule has 0 radical (unpaired) electrons. The largest absolute Gasteiger partial charge is 0.351 e. The topological polar surface area (TPSA) is 66.6 Å². The van der Waals surface area contributed by atoms with E-state index in [-0.39, 0.29) is 11.3 Å². The Morgan fingerprint density at radius 1 is 1.14 bits per heavy atom. The van der Waals surface area contributed by atoms with Crippen molar-refractivity contribution in [2.24, 2.45) is 23.0 Å². The van der Waals surface area contributed by atoms with Crippen LogP contribution >= 0.6 is 0 Å². The van der Waals surface area contributed by atoms with E-state index in [2.05, 4.69) is 26.8 Å². The van der Waals surface area contributed by atoms with Crippen LogP contribution in [0.1, 0.15) is 40.0 Å². The predicted molar refractivity (Wildman–Crippen MR) is 87.2 cm³/mol. The molecule has 0 spiro atoms. The van der Waals surface area contributed by atoms with Crippen molar-refractivity contribution in [1.29, 1.82) is 0 Å². The molecule has 124 valence electrons. The SMILES string of the molecule is C[C@H]1CCCC(C)(C)[C@@H]1C=CC(=O)N1CCN(C(N)=O)CC1. The van der Waals surface area contributed by atoms with Gasteiger partial charge in [-0.15, -0.1) is 0 Å². The average Bonchev–Trinajstić information content (AvgIpc) is 2.46. The minimum atomic E-state index is -0.402. The van der Waals surface area contributed by atoms with Crippen LogP contribution < -0.4 is 5.73 Å². The number of carbonyl (C=O) groups is 2. The van der Waals surface area contributed by atoms with E-state index >= 15 is 0 Å². The van der Waals surface area contributed by atoms with E-state index in [1.165, 1.54) is 19.3 Å². The van der Waals surface area contributed by atoms with Crippen molar-refractivity contribution in [1.82, 2.24) is 9.80 Å². The second-order valence-electron chi connectivity index (χ2n) is 7.39. The fraction of sp³-hybridized carbons (Fsp3) is 0.765. The monoisotopic (exact) mass is 307 g/mol. The van der Waals surface area contributed by atoms with Crippen molar-refractivity contribution in [3.8, 4) is 0 Å². The minimum absolute atomic E-state index is 0.0534. The zero-order chi connectivity index (χ0) is 16.3. The van der Waals surface area contributed by atoms with Gasteiger partial charge >= 0.3 is 6.03 Å². The number of primary amides is 1. The molecule has 0 aromatic heterocycles. The van der Waals surface area contributed by atoms with E-state index in [1.54, 1.807) is 15.9 Å². The van der Waals surface area contributed by atoms with Gasteiger partial charge < -0.3 is 15.5 Å². The van der Waals surface area contributed by atoms with Crippen molar-refractivity contribution in [2.45, 2.75) is 40.0 Å². The van der Waals surface area contributed by atoms with Gasteiger partial charge in [0.05, 0.1) is 0 Å². The number of piperazine rings is 1. The standard InChI is InChI=1S/C17H29N3O2/c1-13-5-4-8-17(2,3)14(13)6-7-15(21)19-9-11-20(12-10-19)16(18)22/h6-7,13-14H,4-5,8-12H2,1-3H3,(H2,18,22)/t13-,14+/m0/s1. The number of allylic oxidation sites excluding steroid dienone is 1. The first kappa shape index (κ1) is 16.8. The normalized spacial score (nSPS) is 28.9. The Morgan fingerprint density at radius 3 is 2.27 bits per heavy atom. The molecule has 2 atom stereocenters. The summed E-state index contributed by atoms with van der Waals surface area (Å²) in [6.45, 7) is 9.07. The zero-order valence-electron chi connectivity index (χ0n) is 14.0. The van der Waals surface area contributed by atoms with Gasteiger partial charge in [-0.3, -0.25) is 4.79 Å². The fourth-order valence-electron chi connectivity index (χ4n) is 3.88. The van der Waals surface area contributed by atoms with Crippen LogP contribution in [0.25, 0.3) is 0 Å². The summed E-state index contributed by atoms with van der Waals surface area (Å²) in [5, 5.41) is 0. The maximum Gasteiger partial charge on any atom is 0.314 e. The lowest BCUT2D eigenvalue weighted by Gasteiger charge is -2.41. The summed E-state index contributed by atoms with van der Waals surface area (Å²) in [4.78, 5) is 26.8. The van der Waals surface area contributed by atoms with Crippen LogP contribution in [0, 0.1) is 17.3 Å². The number of amides is 3. The second kappa shape index (κ2) is 6.71. The number of rotatable bonds is 2. The zero-order valence-corrected chi connectivity index (χ0v) is 14.0. The molecule has 1 aliphatic heterocycles. The molecule has 0 bridgehead atoms. The highest BCUT2D eigenvalue weighted by Gasteiger charge is 2.35. The van der Waals surface area contributed by atoms with Crippen LogP contribution in [0.5, 0.6) is 0 Å². The van der Waals surface area contributed by atoms with Gasteiger partial charge in [0.1, 0.15) is 0 Å². The molecule has 1 heterocycles. The summed E-state index contributed by atoms with van der Waals surface area (Å²) in [5.74, 6) is 1.13. The Kier molecular flexibility index (Phi) is 5.14. The maximum absolute atomic E-state index is 12.3. The third kappa shape index (κ3) is 3.81. The van der Waals surface area contributed by atoms with Crippen LogP contribution in [-0.4, -0.2) is 47.9 Å². The van der Waals surface area contributed by atoms with E-state index in [1.807, 2.05) is 0 Å². The molecule has 2 fully saturated rings. The molecule has 3 amide bonds. The van der Waals surface area contributed by atoms with E-state index in [0.29, 0.717) is 38.0 Å². The summed E-state index contributed by atoms with van der Waals surface area (Å²) >= 11 is 0. The van der Waals surface area contributed by atoms with Gasteiger partial charge in [0.2, 0.25) is 5.91 Å². The molecule has 2 aliphatic rings. The highest BCUT2D eigenvalue weighted by molar-refractivity contribution is 5.87. The summed E-state index contributed by atoms with van der Waals surface area (Å²) < 4.78 is 0. The van der Waals surface area contributed by atoms with E-state index in [0.717, 1.165) is 0 Å². The first-order valence-corrected chi connectivity index (χ1v) is 8.33. The highest BCUT2D eigenvalue weighted by atomic mass is 16.2. The number of nitrogens with zero attached hydrogens (tertiary/aromatic N) is 2. The number of hydrogen-bond acceptors (Lipinski definition) is 2. The fourth-order valence-corrected chi connectivity index (χ4v) is 3.88. The molecular weight excluding hydrogens is 278 g/mol. The third-order valence-electron chi connectivity index (χ3n) is 5.35. The number of nitrogens with two attached hydrogens (primary N) is 1. The Balaban J connectivity index is 1.92. The first-order valence-electron chi connectivity index (χ1n) is 8.33. The number of carbonyl (C=O) groups excluding carboxylic acids is 2. The third-order valence-corrected chi connectivity index (χ3v) is 5.35. The summed E-state index contributed by atoms with van der Waals surface area (Å²) in [5.41, 5.74) is 5.52. The van der Waals surface area contributed by atoms with E-state index in [9.17, 15) is 9.59 Å². The van der Waals surface area contributed by atoms with Crippen LogP contribution in [0.15, 0.2) is 12.2 Å². The molecule has 2 rings (SSSR count). The lowest BCUT2D eigenvalue weighted by atomic mass is 9.64. The highest BCUT2D eigenvalue weighted by Crippen LogP contribution is 2.44. The lowest BCUT2D eigenvalue weighted by molar-refractivity contribution is -0.127. The average molecular weight is 307 g/mol. The van der Waals surface area contributed by atoms with Gasteiger partial charge in [-0.05, 0) is 29.7 Å². The van der Waals surface area contributed by atoms with Gasteiger partial charge in [0.25, 0.3) is 0 Å². The lowest BCUT2D eigenvalue weighted by Crippen LogP contribution is -2.51. The summed E-state index contributed by atoms with van der Waals surface area (Å²) in [6, 6.07) is -0.402. The van der Waals surface area contributed by atoms with Gasteiger partial charge in [-0.25, -0.2) is 4.79 Å². The number of hydrogen-bond donors (Lipinski definition) is 1. The Morgan fingerprint density at radius 2 is 1.73 bits per heavy atom. The first-order chi connectivity index (χ1) is 10.3. The predicted octanol–water partition coefficient (Wildman–Crippen LogP) is 2.23. The quantitative estimate of drug-likeness (QED) is 0.795. The van der Waals surface area contributed by atoms with Crippen molar-refractivity contribution >= 4 is 11.9 Å². The van der Waals surface area contributed by atoms with Gasteiger partial charge in [-0.2, -0.15) is 0 Å². The number of urea groups is 1. The molecule has 0 aromatic carbocycles. The van der Waals surface area contributed by atoms with Gasteiger partial charge in [-0.1, -0.05) is 39.7 Å². The Hall–Kier alpha value is -1.52. The molecule has 1 saturated heterocycles. The smallest absolute Gasteiger partial charge is 0.314 e. The van der Waals surface area contributed by atoms with Crippen LogP contribution in [0.2, 0.25) is 0 Å². The Labute approximate surface area is 133 Å². The van der Waals surface area contributed by atoms with Crippen molar-refractivity contribution in [2.75, 3.05) is 26.2 Å². The summed E-state index contributed by atoms with van der Waals surface area (Å²) in [7, 11) is 0. The molecule has 0 unspecified atom stereocenters. The van der Waals surface area contributed by atoms with Crippen LogP contribution in [-0.2, 0) is 4.79 Å². The van der Waals surface area contributed by atoms with Gasteiger partial charge in [0, 0.05) is 26.2 Å². The minimum Gasteiger partial charge on any atom is -0.351 e. The molecule has 1 aliphatic carbocycles. The Bertz CT molecular complexity index is 451. The molecule has 22 heavy (non-hydrogen) atoms.